The first-order chi connectivity index (χ1) is 11.6. The summed E-state index contributed by atoms with van der Waals surface area (Å²) >= 11 is 1.44. The molecule has 0 saturated heterocycles. The van der Waals surface area contributed by atoms with Gasteiger partial charge in [-0.05, 0) is 24.6 Å². The van der Waals surface area contributed by atoms with Crippen molar-refractivity contribution >= 4 is 21.6 Å². The van der Waals surface area contributed by atoms with Crippen LogP contribution < -0.4 is 5.56 Å². The molecular formula is C17H11FN4OS. The van der Waals surface area contributed by atoms with Crippen molar-refractivity contribution in [3.05, 3.63) is 64.0 Å². The van der Waals surface area contributed by atoms with Crippen LogP contribution >= 0.6 is 11.3 Å². The molecule has 5 nitrogen and oxygen atoms in total. The summed E-state index contributed by atoms with van der Waals surface area (Å²) in [6, 6.07) is 6.11. The lowest BCUT2D eigenvalue weighted by Crippen LogP contribution is -2.09. The molecular weight excluding hydrogens is 327 g/mol. The van der Waals surface area contributed by atoms with Gasteiger partial charge in [0.2, 0.25) is 0 Å². The maximum Gasteiger partial charge on any atom is 0.260 e. The fourth-order valence-electron chi connectivity index (χ4n) is 2.64. The second-order valence-corrected chi connectivity index (χ2v) is 6.47. The third-order valence-electron chi connectivity index (χ3n) is 3.70. The maximum absolute atomic E-state index is 13.2. The molecule has 0 saturated carbocycles. The highest BCUT2D eigenvalue weighted by Gasteiger charge is 2.17. The first-order valence-corrected chi connectivity index (χ1v) is 8.00. The molecule has 0 aliphatic heterocycles. The number of benzene rings is 1. The summed E-state index contributed by atoms with van der Waals surface area (Å²) in [5, 5.41) is 0.518. The zero-order chi connectivity index (χ0) is 16.7. The van der Waals surface area contributed by atoms with Crippen molar-refractivity contribution < 1.29 is 4.39 Å². The molecule has 3 heterocycles. The molecule has 7 heteroatoms. The molecule has 0 fully saturated rings. The number of thiophene rings is 1. The number of hydrogen-bond acceptors (Lipinski definition) is 5. The Labute approximate surface area is 139 Å². The number of aryl methyl sites for hydroxylation is 1. The molecule has 4 aromatic rings. The van der Waals surface area contributed by atoms with Crippen LogP contribution in [0.3, 0.4) is 0 Å². The van der Waals surface area contributed by atoms with Crippen molar-refractivity contribution in [2.45, 2.75) is 6.92 Å². The Balaban J connectivity index is 1.97. The molecule has 0 unspecified atom stereocenters. The third-order valence-corrected chi connectivity index (χ3v) is 4.70. The number of rotatable bonds is 2. The average Bonchev–Trinajstić information content (AvgIpc) is 2.93. The highest BCUT2D eigenvalue weighted by molar-refractivity contribution is 7.19. The molecule has 0 amide bonds. The maximum atomic E-state index is 13.2. The van der Waals surface area contributed by atoms with Gasteiger partial charge in [0.1, 0.15) is 22.8 Å². The molecule has 0 spiro atoms. The number of nitrogens with one attached hydrogen (secondary N) is 1. The van der Waals surface area contributed by atoms with E-state index in [0.29, 0.717) is 21.6 Å². The Hall–Kier alpha value is -2.93. The van der Waals surface area contributed by atoms with Crippen molar-refractivity contribution in [3.63, 3.8) is 0 Å². The van der Waals surface area contributed by atoms with Gasteiger partial charge in [0.25, 0.3) is 5.56 Å². The van der Waals surface area contributed by atoms with E-state index in [2.05, 4.69) is 19.9 Å². The zero-order valence-corrected chi connectivity index (χ0v) is 13.4. The normalized spacial score (nSPS) is 11.1. The Morgan fingerprint density at radius 3 is 2.50 bits per heavy atom. The fraction of sp³-hybridized carbons (Fsp3) is 0.0588. The van der Waals surface area contributed by atoms with Crippen LogP contribution in [-0.2, 0) is 0 Å². The fourth-order valence-corrected chi connectivity index (χ4v) is 3.69. The van der Waals surface area contributed by atoms with Gasteiger partial charge < -0.3 is 4.98 Å². The summed E-state index contributed by atoms with van der Waals surface area (Å²) in [5.41, 5.74) is 2.00. The summed E-state index contributed by atoms with van der Waals surface area (Å²) in [4.78, 5) is 29.4. The summed E-state index contributed by atoms with van der Waals surface area (Å²) < 4.78 is 13.2. The van der Waals surface area contributed by atoms with E-state index in [9.17, 15) is 9.18 Å². The molecule has 0 bridgehead atoms. The van der Waals surface area contributed by atoms with Crippen molar-refractivity contribution in [1.29, 1.82) is 0 Å². The van der Waals surface area contributed by atoms with Gasteiger partial charge in [0.15, 0.2) is 0 Å². The molecule has 24 heavy (non-hydrogen) atoms. The van der Waals surface area contributed by atoms with Gasteiger partial charge in [0.05, 0.1) is 10.9 Å². The van der Waals surface area contributed by atoms with Gasteiger partial charge in [-0.3, -0.25) is 4.79 Å². The van der Waals surface area contributed by atoms with Crippen LogP contribution in [0.1, 0.15) is 4.88 Å². The van der Waals surface area contributed by atoms with Crippen molar-refractivity contribution in [2.75, 3.05) is 0 Å². The molecule has 0 atom stereocenters. The van der Waals surface area contributed by atoms with Gasteiger partial charge in [-0.2, -0.15) is 0 Å². The minimum absolute atomic E-state index is 0.234. The molecule has 1 N–H and O–H groups in total. The predicted octanol–water partition coefficient (Wildman–Crippen LogP) is 3.56. The van der Waals surface area contributed by atoms with E-state index in [0.717, 1.165) is 16.0 Å². The number of nitrogens with zero attached hydrogens (tertiary/aromatic N) is 3. The minimum Gasteiger partial charge on any atom is -0.306 e. The van der Waals surface area contributed by atoms with Gasteiger partial charge in [-0.1, -0.05) is 12.1 Å². The largest absolute Gasteiger partial charge is 0.306 e. The Kier molecular flexibility index (Phi) is 3.42. The first-order valence-electron chi connectivity index (χ1n) is 7.18. The molecule has 0 aliphatic rings. The monoisotopic (exact) mass is 338 g/mol. The number of aromatic nitrogens is 4. The number of fused-ring (bicyclic) bond motifs is 1. The second kappa shape index (κ2) is 5.61. The van der Waals surface area contributed by atoms with Crippen LogP contribution in [0.5, 0.6) is 0 Å². The quantitative estimate of drug-likeness (QED) is 0.607. The lowest BCUT2D eigenvalue weighted by atomic mass is 10.0. The second-order valence-electron chi connectivity index (χ2n) is 5.26. The van der Waals surface area contributed by atoms with Crippen LogP contribution in [0.2, 0.25) is 0 Å². The van der Waals surface area contributed by atoms with Crippen LogP contribution in [-0.4, -0.2) is 19.9 Å². The van der Waals surface area contributed by atoms with Crippen molar-refractivity contribution in [3.8, 4) is 22.5 Å². The van der Waals surface area contributed by atoms with E-state index >= 15 is 0 Å². The van der Waals surface area contributed by atoms with Crippen LogP contribution in [0, 0.1) is 12.7 Å². The van der Waals surface area contributed by atoms with E-state index in [1.807, 2.05) is 6.92 Å². The van der Waals surface area contributed by atoms with Crippen LogP contribution in [0.15, 0.2) is 47.8 Å². The first kappa shape index (κ1) is 14.6. The van der Waals surface area contributed by atoms with Crippen molar-refractivity contribution in [2.24, 2.45) is 0 Å². The number of H-pyrrole nitrogens is 1. The number of hydrogen-bond donors (Lipinski definition) is 1. The van der Waals surface area contributed by atoms with Crippen molar-refractivity contribution in [1.82, 2.24) is 19.9 Å². The van der Waals surface area contributed by atoms with E-state index in [4.69, 9.17) is 0 Å². The van der Waals surface area contributed by atoms with E-state index in [1.54, 1.807) is 24.5 Å². The molecule has 3 aromatic heterocycles. The lowest BCUT2D eigenvalue weighted by Gasteiger charge is -2.03. The minimum atomic E-state index is -0.311. The summed E-state index contributed by atoms with van der Waals surface area (Å²) in [6.45, 7) is 1.93. The summed E-state index contributed by atoms with van der Waals surface area (Å²) in [5.74, 6) is 0.120. The average molecular weight is 338 g/mol. The van der Waals surface area contributed by atoms with Crippen LogP contribution in [0.25, 0.3) is 32.7 Å². The third kappa shape index (κ3) is 2.39. The highest BCUT2D eigenvalue weighted by atomic mass is 32.1. The topological polar surface area (TPSA) is 71.5 Å². The number of halogens is 1. The number of aromatic amines is 1. The molecule has 0 radical (unpaired) electrons. The SMILES string of the molecule is Cc1sc2nc(-c3cncnc3)[nH]c(=O)c2c1-c1ccc(F)cc1. The summed E-state index contributed by atoms with van der Waals surface area (Å²) in [6.07, 6.45) is 4.61. The van der Waals surface area contributed by atoms with Gasteiger partial charge in [0, 0.05) is 22.8 Å². The Morgan fingerprint density at radius 2 is 1.79 bits per heavy atom. The van der Waals surface area contributed by atoms with E-state index in [-0.39, 0.29) is 11.4 Å². The smallest absolute Gasteiger partial charge is 0.260 e. The Morgan fingerprint density at radius 1 is 1.08 bits per heavy atom. The molecule has 1 aromatic carbocycles. The standard InChI is InChI=1S/C17H11FN4OS/c1-9-13(10-2-4-12(18)5-3-10)14-16(23)21-15(22-17(14)24-9)11-6-19-8-20-7-11/h2-8H,1H3,(H,21,22,23). The van der Waals surface area contributed by atoms with Gasteiger partial charge >= 0.3 is 0 Å². The molecule has 118 valence electrons. The molecule has 0 aliphatic carbocycles. The lowest BCUT2D eigenvalue weighted by molar-refractivity contribution is 0.628. The molecule has 4 rings (SSSR count). The highest BCUT2D eigenvalue weighted by Crippen LogP contribution is 2.36. The van der Waals surface area contributed by atoms with Gasteiger partial charge in [-0.25, -0.2) is 19.3 Å². The van der Waals surface area contributed by atoms with E-state index in [1.165, 1.54) is 29.8 Å². The Bertz CT molecular complexity index is 1090. The van der Waals surface area contributed by atoms with Gasteiger partial charge in [-0.15, -0.1) is 11.3 Å². The summed E-state index contributed by atoms with van der Waals surface area (Å²) in [7, 11) is 0. The predicted molar refractivity (Wildman–Crippen MR) is 91.4 cm³/mol. The zero-order valence-electron chi connectivity index (χ0n) is 12.6. The van der Waals surface area contributed by atoms with E-state index < -0.39 is 0 Å². The van der Waals surface area contributed by atoms with Crippen LogP contribution in [0.4, 0.5) is 4.39 Å².